The van der Waals surface area contributed by atoms with Gasteiger partial charge in [0.05, 0.1) is 16.4 Å². The molecule has 1 N–H and O–H groups in total. The topological polar surface area (TPSA) is 42.2 Å². The molecule has 2 aromatic carbocycles. The van der Waals surface area contributed by atoms with Crippen molar-refractivity contribution in [1.29, 1.82) is 0 Å². The lowest BCUT2D eigenvalue weighted by Crippen LogP contribution is -1.96. The summed E-state index contributed by atoms with van der Waals surface area (Å²) < 4.78 is 16.9. The first kappa shape index (κ1) is 20.2. The van der Waals surface area contributed by atoms with Gasteiger partial charge in [0.1, 0.15) is 5.82 Å². The molecule has 158 valence electrons. The number of fused-ring (bicyclic) bond motifs is 1. The minimum absolute atomic E-state index is 0.302. The first-order valence-electron chi connectivity index (χ1n) is 10.2. The van der Waals surface area contributed by atoms with E-state index in [1.165, 1.54) is 6.07 Å². The van der Waals surface area contributed by atoms with Crippen LogP contribution in [0.1, 0.15) is 11.4 Å². The maximum absolute atomic E-state index is 14.9. The number of nitrogens with one attached hydrogen (secondary N) is 1. The van der Waals surface area contributed by atoms with E-state index >= 15 is 0 Å². The molecule has 5 rings (SSSR count). The Morgan fingerprint density at radius 1 is 0.938 bits per heavy atom. The lowest BCUT2D eigenvalue weighted by Gasteiger charge is -2.10. The highest BCUT2D eigenvalue weighted by atomic mass is 35.5. The predicted octanol–water partition coefficient (Wildman–Crippen LogP) is 7.22. The molecule has 0 saturated carbocycles. The number of aromatic nitrogens is 3. The summed E-state index contributed by atoms with van der Waals surface area (Å²) in [7, 11) is 0. The first-order valence-corrected chi connectivity index (χ1v) is 10.6. The molecule has 32 heavy (non-hydrogen) atoms. The summed E-state index contributed by atoms with van der Waals surface area (Å²) in [5.74, 6) is -0.302. The van der Waals surface area contributed by atoms with Gasteiger partial charge in [-0.2, -0.15) is 0 Å². The van der Waals surface area contributed by atoms with Crippen molar-refractivity contribution in [2.75, 3.05) is 5.32 Å². The standard InChI is InChI=1S/C26H20ClFN4/c1-16-14-18(11-12-29-16)20-10-9-19(15-23(20)28)30-24-8-5-13-32-17(2)25(31-26(24)32)21-6-3-4-7-22(21)27/h3-15,30H,1-2H3. The van der Waals surface area contributed by atoms with Crippen molar-refractivity contribution in [2.45, 2.75) is 13.8 Å². The normalized spacial score (nSPS) is 11.1. The van der Waals surface area contributed by atoms with E-state index in [0.29, 0.717) is 16.3 Å². The fourth-order valence-electron chi connectivity index (χ4n) is 3.89. The van der Waals surface area contributed by atoms with Crippen molar-refractivity contribution < 1.29 is 4.39 Å². The second kappa shape index (κ2) is 8.09. The van der Waals surface area contributed by atoms with Crippen LogP contribution < -0.4 is 5.32 Å². The average molecular weight is 443 g/mol. The van der Waals surface area contributed by atoms with Gasteiger partial charge in [-0.05, 0) is 67.9 Å². The molecule has 3 aromatic heterocycles. The number of halogens is 2. The van der Waals surface area contributed by atoms with Gasteiger partial charge in [-0.15, -0.1) is 0 Å². The number of hydrogen-bond donors (Lipinski definition) is 1. The van der Waals surface area contributed by atoms with Crippen LogP contribution in [0, 0.1) is 19.7 Å². The molecule has 0 atom stereocenters. The Labute approximate surface area is 190 Å². The van der Waals surface area contributed by atoms with E-state index in [1.807, 2.05) is 79.0 Å². The van der Waals surface area contributed by atoms with Crippen LogP contribution in [0.4, 0.5) is 15.8 Å². The molecule has 0 aliphatic carbocycles. The largest absolute Gasteiger partial charge is 0.352 e. The fourth-order valence-corrected chi connectivity index (χ4v) is 4.11. The lowest BCUT2D eigenvalue weighted by molar-refractivity contribution is 0.632. The minimum Gasteiger partial charge on any atom is -0.352 e. The molecule has 0 aliphatic rings. The highest BCUT2D eigenvalue weighted by molar-refractivity contribution is 6.33. The Bertz CT molecular complexity index is 1460. The van der Waals surface area contributed by atoms with Gasteiger partial charge in [-0.25, -0.2) is 9.37 Å². The number of imidazole rings is 1. The van der Waals surface area contributed by atoms with Crippen molar-refractivity contribution in [2.24, 2.45) is 0 Å². The van der Waals surface area contributed by atoms with Gasteiger partial charge in [-0.1, -0.05) is 29.8 Å². The zero-order chi connectivity index (χ0) is 22.2. The number of benzene rings is 2. The summed E-state index contributed by atoms with van der Waals surface area (Å²) in [6.45, 7) is 3.90. The molecule has 3 heterocycles. The van der Waals surface area contributed by atoms with E-state index in [2.05, 4.69) is 10.3 Å². The minimum atomic E-state index is -0.302. The van der Waals surface area contributed by atoms with Crippen LogP contribution in [0.3, 0.4) is 0 Å². The van der Waals surface area contributed by atoms with Gasteiger partial charge >= 0.3 is 0 Å². The van der Waals surface area contributed by atoms with Gasteiger partial charge in [0, 0.05) is 40.6 Å². The highest BCUT2D eigenvalue weighted by Crippen LogP contribution is 2.33. The van der Waals surface area contributed by atoms with Crippen LogP contribution in [0.2, 0.25) is 5.02 Å². The Kier molecular flexibility index (Phi) is 5.11. The number of nitrogens with zero attached hydrogens (tertiary/aromatic N) is 3. The predicted molar refractivity (Wildman–Crippen MR) is 128 cm³/mol. The summed E-state index contributed by atoms with van der Waals surface area (Å²) in [5, 5.41) is 3.97. The number of aryl methyl sites for hydroxylation is 2. The number of rotatable bonds is 4. The zero-order valence-electron chi connectivity index (χ0n) is 17.6. The quantitative estimate of drug-likeness (QED) is 0.319. The van der Waals surface area contributed by atoms with E-state index in [4.69, 9.17) is 16.6 Å². The number of anilines is 2. The molecule has 5 aromatic rings. The van der Waals surface area contributed by atoms with Crippen LogP contribution in [0.15, 0.2) is 79.1 Å². The molecular weight excluding hydrogens is 423 g/mol. The molecule has 0 radical (unpaired) electrons. The average Bonchev–Trinajstić information content (AvgIpc) is 3.12. The molecule has 6 heteroatoms. The molecule has 0 amide bonds. The van der Waals surface area contributed by atoms with Crippen molar-refractivity contribution in [3.63, 3.8) is 0 Å². The maximum Gasteiger partial charge on any atom is 0.161 e. The van der Waals surface area contributed by atoms with E-state index in [0.717, 1.165) is 39.5 Å². The van der Waals surface area contributed by atoms with Crippen LogP contribution in [0.5, 0.6) is 0 Å². The summed E-state index contributed by atoms with van der Waals surface area (Å²) >= 11 is 6.41. The maximum atomic E-state index is 14.9. The van der Waals surface area contributed by atoms with Gasteiger partial charge in [0.15, 0.2) is 5.65 Å². The zero-order valence-corrected chi connectivity index (χ0v) is 18.4. The Balaban J connectivity index is 1.53. The van der Waals surface area contributed by atoms with Gasteiger partial charge in [-0.3, -0.25) is 4.98 Å². The van der Waals surface area contributed by atoms with Crippen LogP contribution in [-0.2, 0) is 0 Å². The van der Waals surface area contributed by atoms with Crippen molar-refractivity contribution >= 4 is 28.6 Å². The molecule has 4 nitrogen and oxygen atoms in total. The molecule has 0 spiro atoms. The fraction of sp³-hybridized carbons (Fsp3) is 0.0769. The summed E-state index contributed by atoms with van der Waals surface area (Å²) in [5.41, 5.74) is 7.03. The van der Waals surface area contributed by atoms with Crippen LogP contribution >= 0.6 is 11.6 Å². The second-order valence-corrected chi connectivity index (χ2v) is 8.05. The molecular formula is C26H20ClFN4. The Morgan fingerprint density at radius 3 is 2.56 bits per heavy atom. The third-order valence-corrected chi connectivity index (χ3v) is 5.80. The van der Waals surface area contributed by atoms with Crippen LogP contribution in [-0.4, -0.2) is 14.4 Å². The lowest BCUT2D eigenvalue weighted by atomic mass is 10.1. The molecule has 0 saturated heterocycles. The Hall–Kier alpha value is -3.70. The monoisotopic (exact) mass is 442 g/mol. The van der Waals surface area contributed by atoms with E-state index in [9.17, 15) is 4.39 Å². The smallest absolute Gasteiger partial charge is 0.161 e. The van der Waals surface area contributed by atoms with Crippen molar-refractivity contribution in [3.05, 3.63) is 101 Å². The molecule has 0 fully saturated rings. The third-order valence-electron chi connectivity index (χ3n) is 5.47. The van der Waals surface area contributed by atoms with Crippen molar-refractivity contribution in [1.82, 2.24) is 14.4 Å². The SMILES string of the molecule is Cc1cc(-c2ccc(Nc3cccn4c(C)c(-c5ccccc5Cl)nc34)cc2F)ccn1. The first-order chi connectivity index (χ1) is 15.5. The van der Waals surface area contributed by atoms with Crippen LogP contribution in [0.25, 0.3) is 28.0 Å². The number of pyridine rings is 2. The van der Waals surface area contributed by atoms with Gasteiger partial charge in [0.25, 0.3) is 0 Å². The van der Waals surface area contributed by atoms with E-state index in [1.54, 1.807) is 12.3 Å². The summed E-state index contributed by atoms with van der Waals surface area (Å²) in [4.78, 5) is 9.03. The molecule has 0 bridgehead atoms. The number of hydrogen-bond acceptors (Lipinski definition) is 3. The Morgan fingerprint density at radius 2 is 1.78 bits per heavy atom. The third kappa shape index (κ3) is 3.61. The van der Waals surface area contributed by atoms with Gasteiger partial charge < -0.3 is 9.72 Å². The molecule has 0 aliphatic heterocycles. The van der Waals surface area contributed by atoms with Crippen molar-refractivity contribution in [3.8, 4) is 22.4 Å². The second-order valence-electron chi connectivity index (χ2n) is 7.65. The molecule has 0 unspecified atom stereocenters. The highest BCUT2D eigenvalue weighted by Gasteiger charge is 2.15. The van der Waals surface area contributed by atoms with Gasteiger partial charge in [0.2, 0.25) is 0 Å². The van der Waals surface area contributed by atoms with E-state index in [-0.39, 0.29) is 5.82 Å². The summed E-state index contributed by atoms with van der Waals surface area (Å²) in [6, 6.07) is 20.3. The van der Waals surface area contributed by atoms with E-state index < -0.39 is 0 Å². The summed E-state index contributed by atoms with van der Waals surface area (Å²) in [6.07, 6.45) is 3.65.